The normalized spacial score (nSPS) is 15.6. The van der Waals surface area contributed by atoms with Gasteiger partial charge in [0.25, 0.3) is 0 Å². The van der Waals surface area contributed by atoms with E-state index in [-0.39, 0.29) is 11.5 Å². The van der Waals surface area contributed by atoms with Crippen LogP contribution in [0.4, 0.5) is 14.5 Å². The van der Waals surface area contributed by atoms with Gasteiger partial charge in [0, 0.05) is 24.3 Å². The van der Waals surface area contributed by atoms with E-state index in [1.54, 1.807) is 12.2 Å². The average molecular weight is 252 g/mol. The lowest BCUT2D eigenvalue weighted by Crippen LogP contribution is -1.98. The first-order valence-electron chi connectivity index (χ1n) is 5.36. The SMILES string of the molecule is CN.O=C1CC=C/C1=C/Nc1ccc(F)cc1F. The summed E-state index contributed by atoms with van der Waals surface area (Å²) in [4.78, 5) is 11.2. The maximum Gasteiger partial charge on any atom is 0.168 e. The van der Waals surface area contributed by atoms with Gasteiger partial charge in [-0.2, -0.15) is 0 Å². The van der Waals surface area contributed by atoms with Gasteiger partial charge in [-0.25, -0.2) is 8.78 Å². The fourth-order valence-electron chi connectivity index (χ4n) is 1.39. The van der Waals surface area contributed by atoms with E-state index in [9.17, 15) is 13.6 Å². The minimum absolute atomic E-state index is 0.0185. The molecule has 0 fully saturated rings. The number of carbonyl (C=O) groups is 1. The maximum absolute atomic E-state index is 13.2. The van der Waals surface area contributed by atoms with E-state index < -0.39 is 11.6 Å². The van der Waals surface area contributed by atoms with Gasteiger partial charge < -0.3 is 11.1 Å². The first kappa shape index (κ1) is 14.1. The van der Waals surface area contributed by atoms with Gasteiger partial charge in [0.15, 0.2) is 5.78 Å². The Bertz CT molecular complexity index is 496. The number of nitrogens with one attached hydrogen (secondary N) is 1. The minimum Gasteiger partial charge on any atom is -0.359 e. The van der Waals surface area contributed by atoms with Gasteiger partial charge in [-0.1, -0.05) is 12.2 Å². The molecule has 0 heterocycles. The molecule has 1 aliphatic rings. The number of hydrogen-bond acceptors (Lipinski definition) is 3. The van der Waals surface area contributed by atoms with Crippen molar-refractivity contribution in [2.24, 2.45) is 5.73 Å². The second kappa shape index (κ2) is 6.66. The largest absolute Gasteiger partial charge is 0.359 e. The molecule has 0 unspecified atom stereocenters. The standard InChI is InChI=1S/C12H9F2NO.CH5N/c13-9-4-5-11(10(14)6-9)15-7-8-2-1-3-12(8)16;1-2/h1-2,4-7,15H,3H2;2H2,1H3/b8-7-;. The Morgan fingerprint density at radius 1 is 1.33 bits per heavy atom. The molecule has 0 aromatic heterocycles. The van der Waals surface area contributed by atoms with Crippen LogP contribution in [0, 0.1) is 11.6 Å². The van der Waals surface area contributed by atoms with E-state index in [0.29, 0.717) is 12.0 Å². The van der Waals surface area contributed by atoms with Crippen molar-refractivity contribution < 1.29 is 13.6 Å². The van der Waals surface area contributed by atoms with Crippen LogP contribution < -0.4 is 11.1 Å². The molecule has 0 amide bonds. The summed E-state index contributed by atoms with van der Waals surface area (Å²) in [6.07, 6.45) is 5.19. The molecule has 1 aromatic rings. The molecule has 0 radical (unpaired) electrons. The van der Waals surface area contributed by atoms with Crippen molar-refractivity contribution in [2.75, 3.05) is 12.4 Å². The molecular weight excluding hydrogens is 238 g/mol. The van der Waals surface area contributed by atoms with Crippen molar-refractivity contribution in [1.29, 1.82) is 0 Å². The Balaban J connectivity index is 0.000000771. The zero-order chi connectivity index (χ0) is 13.5. The molecule has 0 saturated heterocycles. The molecule has 1 aliphatic carbocycles. The predicted octanol–water partition coefficient (Wildman–Crippen LogP) is 2.36. The van der Waals surface area contributed by atoms with Crippen molar-refractivity contribution >= 4 is 11.5 Å². The fraction of sp³-hybridized carbons (Fsp3) is 0.154. The highest BCUT2D eigenvalue weighted by atomic mass is 19.1. The highest BCUT2D eigenvalue weighted by Crippen LogP contribution is 2.17. The molecular formula is C13H14F2N2O. The third-order valence-corrected chi connectivity index (χ3v) is 2.24. The van der Waals surface area contributed by atoms with Crippen LogP contribution in [0.2, 0.25) is 0 Å². The first-order valence-corrected chi connectivity index (χ1v) is 5.36. The van der Waals surface area contributed by atoms with Crippen molar-refractivity contribution in [3.8, 4) is 0 Å². The molecule has 0 atom stereocenters. The Kier molecular flexibility index (Phi) is 5.20. The summed E-state index contributed by atoms with van der Waals surface area (Å²) < 4.78 is 25.8. The van der Waals surface area contributed by atoms with Gasteiger partial charge in [-0.05, 0) is 19.2 Å². The number of ketones is 1. The lowest BCUT2D eigenvalue weighted by molar-refractivity contribution is -0.114. The monoisotopic (exact) mass is 252 g/mol. The van der Waals surface area contributed by atoms with Crippen molar-refractivity contribution in [1.82, 2.24) is 0 Å². The lowest BCUT2D eigenvalue weighted by atomic mass is 10.2. The fourth-order valence-corrected chi connectivity index (χ4v) is 1.39. The van der Waals surface area contributed by atoms with Crippen LogP contribution in [0.5, 0.6) is 0 Å². The third kappa shape index (κ3) is 3.49. The number of hydrogen-bond donors (Lipinski definition) is 2. The summed E-state index contributed by atoms with van der Waals surface area (Å²) in [6.45, 7) is 0. The van der Waals surface area contributed by atoms with Gasteiger partial charge in [0.05, 0.1) is 5.69 Å². The van der Waals surface area contributed by atoms with E-state index in [4.69, 9.17) is 0 Å². The Morgan fingerprint density at radius 2 is 2.06 bits per heavy atom. The molecule has 0 spiro atoms. The first-order chi connectivity index (χ1) is 8.66. The summed E-state index contributed by atoms with van der Waals surface area (Å²) >= 11 is 0. The van der Waals surface area contributed by atoms with E-state index in [0.717, 1.165) is 12.1 Å². The molecule has 2 rings (SSSR count). The number of benzene rings is 1. The van der Waals surface area contributed by atoms with Crippen LogP contribution >= 0.6 is 0 Å². The number of halogens is 2. The van der Waals surface area contributed by atoms with E-state index >= 15 is 0 Å². The number of allylic oxidation sites excluding steroid dienone is 3. The topological polar surface area (TPSA) is 55.1 Å². The van der Waals surface area contributed by atoms with Crippen LogP contribution in [-0.2, 0) is 4.79 Å². The van der Waals surface area contributed by atoms with Crippen LogP contribution in [0.25, 0.3) is 0 Å². The maximum atomic E-state index is 13.2. The molecule has 5 heteroatoms. The van der Waals surface area contributed by atoms with Gasteiger partial charge in [-0.15, -0.1) is 0 Å². The average Bonchev–Trinajstić information content (AvgIpc) is 2.76. The molecule has 3 N–H and O–H groups in total. The zero-order valence-electron chi connectivity index (χ0n) is 9.91. The van der Waals surface area contributed by atoms with Crippen molar-refractivity contribution in [3.63, 3.8) is 0 Å². The summed E-state index contributed by atoms with van der Waals surface area (Å²) in [5.74, 6) is -1.34. The Morgan fingerprint density at radius 3 is 2.61 bits per heavy atom. The lowest BCUT2D eigenvalue weighted by Gasteiger charge is -2.03. The van der Waals surface area contributed by atoms with Crippen LogP contribution in [-0.4, -0.2) is 12.8 Å². The number of Topliss-reactive ketones (excluding diaryl/α,β-unsaturated/α-hetero) is 1. The molecule has 96 valence electrons. The van der Waals surface area contributed by atoms with Crippen molar-refractivity contribution in [2.45, 2.75) is 6.42 Å². The number of rotatable bonds is 2. The molecule has 0 saturated carbocycles. The van der Waals surface area contributed by atoms with Crippen LogP contribution in [0.3, 0.4) is 0 Å². The number of anilines is 1. The summed E-state index contributed by atoms with van der Waals surface area (Å²) in [6, 6.07) is 3.22. The molecule has 1 aromatic carbocycles. The Labute approximate surface area is 104 Å². The zero-order valence-corrected chi connectivity index (χ0v) is 9.91. The second-order valence-electron chi connectivity index (χ2n) is 3.40. The summed E-state index contributed by atoms with van der Waals surface area (Å²) in [7, 11) is 1.50. The van der Waals surface area contributed by atoms with Gasteiger partial charge >= 0.3 is 0 Å². The van der Waals surface area contributed by atoms with Gasteiger partial charge in [-0.3, -0.25) is 4.79 Å². The summed E-state index contributed by atoms with van der Waals surface area (Å²) in [5, 5.41) is 2.64. The Hall–Kier alpha value is -2.01. The third-order valence-electron chi connectivity index (χ3n) is 2.24. The highest BCUT2D eigenvalue weighted by Gasteiger charge is 2.10. The smallest absolute Gasteiger partial charge is 0.168 e. The quantitative estimate of drug-likeness (QED) is 0.794. The predicted molar refractivity (Wildman–Crippen MR) is 66.9 cm³/mol. The molecule has 3 nitrogen and oxygen atoms in total. The second-order valence-corrected chi connectivity index (χ2v) is 3.40. The summed E-state index contributed by atoms with van der Waals surface area (Å²) in [5.41, 5.74) is 5.13. The van der Waals surface area contributed by atoms with E-state index in [2.05, 4.69) is 11.1 Å². The number of carbonyl (C=O) groups excluding carboxylic acids is 1. The number of nitrogens with two attached hydrogens (primary N) is 1. The van der Waals surface area contributed by atoms with E-state index in [1.165, 1.54) is 19.3 Å². The van der Waals surface area contributed by atoms with Gasteiger partial charge in [0.2, 0.25) is 0 Å². The molecule has 18 heavy (non-hydrogen) atoms. The molecule has 0 aliphatic heterocycles. The highest BCUT2D eigenvalue weighted by molar-refractivity contribution is 6.01. The van der Waals surface area contributed by atoms with Crippen LogP contribution in [0.15, 0.2) is 42.1 Å². The van der Waals surface area contributed by atoms with E-state index in [1.807, 2.05) is 0 Å². The van der Waals surface area contributed by atoms with Crippen LogP contribution in [0.1, 0.15) is 6.42 Å². The molecule has 0 bridgehead atoms. The van der Waals surface area contributed by atoms with Crippen molar-refractivity contribution in [3.05, 3.63) is 53.8 Å². The minimum atomic E-state index is -0.689. The van der Waals surface area contributed by atoms with Gasteiger partial charge in [0.1, 0.15) is 11.6 Å².